The van der Waals surface area contributed by atoms with Gasteiger partial charge in [0.2, 0.25) is 0 Å². The predicted molar refractivity (Wildman–Crippen MR) is 106 cm³/mol. The molecule has 1 fully saturated rings. The van der Waals surface area contributed by atoms with Gasteiger partial charge in [-0.25, -0.2) is 0 Å². The highest BCUT2D eigenvalue weighted by Gasteiger charge is 2.16. The van der Waals surface area contributed by atoms with Crippen molar-refractivity contribution >= 4 is 37.1 Å². The van der Waals surface area contributed by atoms with Gasteiger partial charge < -0.3 is 15.5 Å². The Bertz CT molecular complexity index is 878. The van der Waals surface area contributed by atoms with Crippen LogP contribution in [0.3, 0.4) is 0 Å². The highest BCUT2D eigenvalue weighted by molar-refractivity contribution is 7.27. The first-order chi connectivity index (χ1) is 12.3. The van der Waals surface area contributed by atoms with E-state index < -0.39 is 0 Å². The lowest BCUT2D eigenvalue weighted by Gasteiger charge is -2.31. The predicted octanol–water partition coefficient (Wildman–Crippen LogP) is 1.55. The van der Waals surface area contributed by atoms with Gasteiger partial charge in [0, 0.05) is 51.3 Å². The number of benzene rings is 1. The Kier molecular flexibility index (Phi) is 4.72. The lowest BCUT2D eigenvalue weighted by atomic mass is 10.2. The first kappa shape index (κ1) is 16.2. The third kappa shape index (κ3) is 3.55. The van der Waals surface area contributed by atoms with Gasteiger partial charge in [0.15, 0.2) is 0 Å². The first-order valence-corrected chi connectivity index (χ1v) is 9.03. The van der Waals surface area contributed by atoms with E-state index >= 15 is 0 Å². The summed E-state index contributed by atoms with van der Waals surface area (Å²) < 4.78 is 0. The number of pyridine rings is 1. The monoisotopic (exact) mass is 352 g/mol. The van der Waals surface area contributed by atoms with E-state index in [4.69, 9.17) is 0 Å². The molecule has 1 atom stereocenters. The smallest absolute Gasteiger partial charge is 0.0890 e. The van der Waals surface area contributed by atoms with Gasteiger partial charge in [0.1, 0.15) is 0 Å². The standard InChI is InChI=1S/C18H21N6P/c25-18-17(16(3-4-22-18)24-9-7-19-8-10-24)23-12-13-1-2-14-15(11-13)21-6-5-20-14/h1-6,11,19,23H,7-10,12,25H2. The molecule has 1 saturated heterocycles. The first-order valence-electron chi connectivity index (χ1n) is 8.45. The van der Waals surface area contributed by atoms with Crippen LogP contribution in [0.1, 0.15) is 5.56 Å². The number of hydrogen-bond donors (Lipinski definition) is 2. The van der Waals surface area contributed by atoms with Crippen LogP contribution in [-0.2, 0) is 6.54 Å². The number of piperazine rings is 1. The fraction of sp³-hybridized carbons (Fsp3) is 0.278. The SMILES string of the molecule is Pc1nccc(N2CCNCC2)c1NCc1ccc2nccnc2c1. The number of fused-ring (bicyclic) bond motifs is 1. The summed E-state index contributed by atoms with van der Waals surface area (Å²) in [6.07, 6.45) is 5.32. The number of nitrogens with one attached hydrogen (secondary N) is 2. The van der Waals surface area contributed by atoms with Crippen molar-refractivity contribution < 1.29 is 0 Å². The highest BCUT2D eigenvalue weighted by atomic mass is 31.0. The summed E-state index contributed by atoms with van der Waals surface area (Å²) in [4.78, 5) is 15.5. The largest absolute Gasteiger partial charge is 0.378 e. The number of aromatic nitrogens is 3. The maximum atomic E-state index is 4.43. The Balaban J connectivity index is 1.57. The van der Waals surface area contributed by atoms with E-state index in [0.29, 0.717) is 0 Å². The summed E-state index contributed by atoms with van der Waals surface area (Å²) in [5.41, 5.74) is 6.24. The van der Waals surface area contributed by atoms with Crippen LogP contribution in [0.25, 0.3) is 11.0 Å². The van der Waals surface area contributed by atoms with Crippen LogP contribution in [0, 0.1) is 0 Å². The van der Waals surface area contributed by atoms with Crippen molar-refractivity contribution in [2.24, 2.45) is 0 Å². The second-order valence-corrected chi connectivity index (χ2v) is 6.61. The van der Waals surface area contributed by atoms with Crippen LogP contribution < -0.4 is 21.0 Å². The molecule has 0 radical (unpaired) electrons. The van der Waals surface area contributed by atoms with Gasteiger partial charge in [-0.1, -0.05) is 15.3 Å². The van der Waals surface area contributed by atoms with Crippen molar-refractivity contribution in [3.8, 4) is 0 Å². The lowest BCUT2D eigenvalue weighted by Crippen LogP contribution is -2.44. The van der Waals surface area contributed by atoms with Crippen LogP contribution in [0.15, 0.2) is 42.9 Å². The molecule has 25 heavy (non-hydrogen) atoms. The van der Waals surface area contributed by atoms with E-state index in [2.05, 4.69) is 57.9 Å². The number of nitrogens with zero attached hydrogens (tertiary/aromatic N) is 4. The zero-order chi connectivity index (χ0) is 17.1. The van der Waals surface area contributed by atoms with Gasteiger partial charge in [0.25, 0.3) is 0 Å². The summed E-state index contributed by atoms with van der Waals surface area (Å²) in [7, 11) is 2.74. The fourth-order valence-corrected chi connectivity index (χ4v) is 3.46. The molecule has 3 heterocycles. The van der Waals surface area contributed by atoms with Crippen molar-refractivity contribution in [2.75, 3.05) is 36.4 Å². The molecular formula is C18H21N6P. The quantitative estimate of drug-likeness (QED) is 0.695. The molecule has 4 rings (SSSR count). The number of hydrogen-bond acceptors (Lipinski definition) is 6. The van der Waals surface area contributed by atoms with Crippen molar-refractivity contribution in [1.29, 1.82) is 0 Å². The van der Waals surface area contributed by atoms with E-state index in [1.165, 1.54) is 11.3 Å². The Morgan fingerprint density at radius 2 is 1.80 bits per heavy atom. The van der Waals surface area contributed by atoms with Gasteiger partial charge in [-0.3, -0.25) is 15.0 Å². The van der Waals surface area contributed by atoms with Crippen molar-refractivity contribution in [2.45, 2.75) is 6.54 Å². The Labute approximate surface area is 149 Å². The molecule has 2 N–H and O–H groups in total. The van der Waals surface area contributed by atoms with Crippen molar-refractivity contribution in [3.05, 3.63) is 48.4 Å². The maximum absolute atomic E-state index is 4.43. The van der Waals surface area contributed by atoms with E-state index in [9.17, 15) is 0 Å². The van der Waals surface area contributed by atoms with E-state index in [0.717, 1.165) is 54.9 Å². The minimum absolute atomic E-state index is 0.721. The van der Waals surface area contributed by atoms with Crippen molar-refractivity contribution in [1.82, 2.24) is 20.3 Å². The van der Waals surface area contributed by atoms with Crippen LogP contribution >= 0.6 is 9.24 Å². The molecule has 0 amide bonds. The van der Waals surface area contributed by atoms with Gasteiger partial charge in [-0.2, -0.15) is 0 Å². The minimum atomic E-state index is 0.721. The van der Waals surface area contributed by atoms with Crippen molar-refractivity contribution in [3.63, 3.8) is 0 Å². The summed E-state index contributed by atoms with van der Waals surface area (Å²) in [5, 5.41) is 6.96. The molecule has 128 valence electrons. The molecular weight excluding hydrogens is 331 g/mol. The zero-order valence-electron chi connectivity index (χ0n) is 13.9. The number of anilines is 2. The highest BCUT2D eigenvalue weighted by Crippen LogP contribution is 2.25. The molecule has 0 saturated carbocycles. The third-order valence-corrected chi connectivity index (χ3v) is 4.86. The third-order valence-electron chi connectivity index (χ3n) is 4.42. The van der Waals surface area contributed by atoms with Crippen LogP contribution in [0.5, 0.6) is 0 Å². The molecule has 0 bridgehead atoms. The summed E-state index contributed by atoms with van der Waals surface area (Å²) in [5.74, 6) is 0. The lowest BCUT2D eigenvalue weighted by molar-refractivity contribution is 0.589. The second-order valence-electron chi connectivity index (χ2n) is 6.06. The molecule has 0 aliphatic carbocycles. The topological polar surface area (TPSA) is 66.0 Å². The van der Waals surface area contributed by atoms with E-state index in [1.54, 1.807) is 12.4 Å². The van der Waals surface area contributed by atoms with Crippen LogP contribution in [0.2, 0.25) is 0 Å². The van der Waals surface area contributed by atoms with Gasteiger partial charge >= 0.3 is 0 Å². The molecule has 2 aromatic heterocycles. The van der Waals surface area contributed by atoms with E-state index in [-0.39, 0.29) is 0 Å². The average molecular weight is 352 g/mol. The molecule has 1 aliphatic heterocycles. The number of rotatable bonds is 4. The molecule has 1 aromatic carbocycles. The van der Waals surface area contributed by atoms with Crippen LogP contribution in [0.4, 0.5) is 11.4 Å². The average Bonchev–Trinajstić information content (AvgIpc) is 2.67. The normalized spacial score (nSPS) is 14.7. The van der Waals surface area contributed by atoms with Gasteiger partial charge in [-0.05, 0) is 23.8 Å². The molecule has 1 unspecified atom stereocenters. The van der Waals surface area contributed by atoms with Gasteiger partial charge in [0.05, 0.1) is 27.8 Å². The van der Waals surface area contributed by atoms with E-state index in [1.807, 2.05) is 12.3 Å². The fourth-order valence-electron chi connectivity index (χ4n) is 3.13. The summed E-state index contributed by atoms with van der Waals surface area (Å²) >= 11 is 0. The minimum Gasteiger partial charge on any atom is -0.378 e. The summed E-state index contributed by atoms with van der Waals surface area (Å²) in [6.45, 7) is 4.76. The molecule has 3 aromatic rings. The maximum Gasteiger partial charge on any atom is 0.0890 e. The molecule has 6 nitrogen and oxygen atoms in total. The van der Waals surface area contributed by atoms with Gasteiger partial charge in [-0.15, -0.1) is 0 Å². The Morgan fingerprint density at radius 3 is 2.64 bits per heavy atom. The summed E-state index contributed by atoms with van der Waals surface area (Å²) in [6, 6.07) is 8.28. The molecule has 1 aliphatic rings. The zero-order valence-corrected chi connectivity index (χ0v) is 15.1. The molecule has 7 heteroatoms. The second kappa shape index (κ2) is 7.30. The Hall–Kier alpha value is -2.30. The van der Waals surface area contributed by atoms with Crippen LogP contribution in [-0.4, -0.2) is 41.1 Å². The Morgan fingerprint density at radius 1 is 1.00 bits per heavy atom. The molecule has 0 spiro atoms.